The van der Waals surface area contributed by atoms with E-state index in [0.29, 0.717) is 33.9 Å². The summed E-state index contributed by atoms with van der Waals surface area (Å²) in [7, 11) is 0. The first kappa shape index (κ1) is 28.3. The molecule has 2 heterocycles. The molecule has 9 heteroatoms. The number of likely N-dealkylation sites (tertiary alicyclic amines) is 1. The maximum atomic E-state index is 14.7. The number of para-hydroxylation sites is 1. The Balaban J connectivity index is 1.62. The van der Waals surface area contributed by atoms with Gasteiger partial charge < -0.3 is 15.5 Å². The van der Waals surface area contributed by atoms with E-state index in [9.17, 15) is 14.4 Å². The predicted molar refractivity (Wildman–Crippen MR) is 167 cm³/mol. The highest BCUT2D eigenvalue weighted by molar-refractivity contribution is 6.44. The summed E-state index contributed by atoms with van der Waals surface area (Å²) in [6.45, 7) is 1.95. The summed E-state index contributed by atoms with van der Waals surface area (Å²) in [4.78, 5) is 45.2. The fourth-order valence-corrected chi connectivity index (χ4v) is 7.10. The van der Waals surface area contributed by atoms with Gasteiger partial charge in [0.2, 0.25) is 0 Å². The number of fused-ring (bicyclic) bond motifs is 2. The van der Waals surface area contributed by atoms with E-state index in [0.717, 1.165) is 5.56 Å². The first-order valence-corrected chi connectivity index (χ1v) is 14.7. The van der Waals surface area contributed by atoms with E-state index < -0.39 is 35.4 Å². The van der Waals surface area contributed by atoms with E-state index in [2.05, 4.69) is 10.6 Å². The molecule has 1 fully saturated rings. The molecule has 0 radical (unpaired) electrons. The number of nitrogens with zero attached hydrogens (tertiary/aromatic N) is 1. The second-order valence-electron chi connectivity index (χ2n) is 10.4. The normalized spacial score (nSPS) is 22.6. The molecule has 4 unspecified atom stereocenters. The van der Waals surface area contributed by atoms with Gasteiger partial charge in [-0.2, -0.15) is 0 Å². The van der Waals surface area contributed by atoms with Gasteiger partial charge in [0.15, 0.2) is 11.3 Å². The zero-order chi connectivity index (χ0) is 29.6. The van der Waals surface area contributed by atoms with Crippen molar-refractivity contribution in [3.05, 3.63) is 129 Å². The van der Waals surface area contributed by atoms with Crippen LogP contribution in [0.5, 0.6) is 0 Å². The van der Waals surface area contributed by atoms with Crippen LogP contribution in [0.3, 0.4) is 0 Å². The largest absolute Gasteiger partial charge is 0.323 e. The third-order valence-corrected chi connectivity index (χ3v) is 9.36. The van der Waals surface area contributed by atoms with E-state index in [4.69, 9.17) is 34.8 Å². The number of hydrogen-bond donors (Lipinski definition) is 2. The Morgan fingerprint density at radius 2 is 1.57 bits per heavy atom. The number of ketones is 1. The van der Waals surface area contributed by atoms with Gasteiger partial charge in [-0.3, -0.25) is 9.59 Å². The van der Waals surface area contributed by atoms with Crippen molar-refractivity contribution in [2.45, 2.75) is 30.8 Å². The summed E-state index contributed by atoms with van der Waals surface area (Å²) in [6, 6.07) is 27.2. The number of rotatable bonds is 5. The molecule has 1 spiro atoms. The van der Waals surface area contributed by atoms with Crippen molar-refractivity contribution in [2.24, 2.45) is 5.92 Å². The zero-order valence-corrected chi connectivity index (χ0v) is 24.8. The van der Waals surface area contributed by atoms with Crippen molar-refractivity contribution in [1.29, 1.82) is 0 Å². The molecule has 2 N–H and O–H groups in total. The molecule has 4 atom stereocenters. The van der Waals surface area contributed by atoms with Crippen LogP contribution in [-0.4, -0.2) is 28.7 Å². The van der Waals surface area contributed by atoms with E-state index in [1.807, 2.05) is 43.3 Å². The van der Waals surface area contributed by atoms with Crippen molar-refractivity contribution in [2.75, 3.05) is 10.6 Å². The van der Waals surface area contributed by atoms with Crippen LogP contribution in [0.1, 0.15) is 40.7 Å². The molecule has 4 aromatic carbocycles. The summed E-state index contributed by atoms with van der Waals surface area (Å²) >= 11 is 19.0. The quantitative estimate of drug-likeness (QED) is 0.221. The second-order valence-corrected chi connectivity index (χ2v) is 11.7. The number of hydrogen-bond acceptors (Lipinski definition) is 3. The zero-order valence-electron chi connectivity index (χ0n) is 22.5. The molecular formula is C33H26Cl3N3O3. The maximum absolute atomic E-state index is 14.7. The van der Waals surface area contributed by atoms with Crippen LogP contribution in [0, 0.1) is 5.92 Å². The number of nitrogens with one attached hydrogen (secondary N) is 2. The molecule has 212 valence electrons. The molecule has 2 aliphatic heterocycles. The van der Waals surface area contributed by atoms with Gasteiger partial charge in [0.05, 0.1) is 21.7 Å². The highest BCUT2D eigenvalue weighted by atomic mass is 35.5. The highest BCUT2D eigenvalue weighted by Crippen LogP contribution is 2.59. The molecule has 0 aliphatic carbocycles. The van der Waals surface area contributed by atoms with Gasteiger partial charge in [-0.25, -0.2) is 4.79 Å². The minimum absolute atomic E-state index is 0.177. The topological polar surface area (TPSA) is 78.5 Å². The summed E-state index contributed by atoms with van der Waals surface area (Å²) in [5.41, 5.74) is 1.00. The average molecular weight is 619 g/mol. The minimum Gasteiger partial charge on any atom is -0.323 e. The van der Waals surface area contributed by atoms with Gasteiger partial charge in [-0.05, 0) is 42.3 Å². The number of halogens is 3. The van der Waals surface area contributed by atoms with Crippen LogP contribution in [0.2, 0.25) is 15.1 Å². The third kappa shape index (κ3) is 4.37. The fraction of sp³-hybridized carbons (Fsp3) is 0.182. The van der Waals surface area contributed by atoms with Crippen LogP contribution in [0.15, 0.2) is 97.1 Å². The second kappa shape index (κ2) is 11.1. The van der Waals surface area contributed by atoms with E-state index in [1.165, 1.54) is 0 Å². The molecule has 3 amide bonds. The Bertz CT molecular complexity index is 1700. The third-order valence-electron chi connectivity index (χ3n) is 8.29. The molecule has 42 heavy (non-hydrogen) atoms. The van der Waals surface area contributed by atoms with E-state index >= 15 is 0 Å². The molecular weight excluding hydrogens is 593 g/mol. The molecule has 0 aromatic heterocycles. The lowest BCUT2D eigenvalue weighted by atomic mass is 9.69. The van der Waals surface area contributed by atoms with E-state index in [1.54, 1.807) is 65.6 Å². The summed E-state index contributed by atoms with van der Waals surface area (Å²) < 4.78 is 0. The molecule has 0 bridgehead atoms. The van der Waals surface area contributed by atoms with Gasteiger partial charge in [-0.15, -0.1) is 0 Å². The molecule has 4 aromatic rings. The SMILES string of the molecule is CCC1C(c2ccc(Cl)cc2)C(C(=O)c2ccccc2)C2(C(=O)Nc3ccccc32)N1C(=O)Nc1cccc(Cl)c1Cl. The number of amides is 3. The van der Waals surface area contributed by atoms with Crippen LogP contribution < -0.4 is 10.6 Å². The van der Waals surface area contributed by atoms with Crippen LogP contribution >= 0.6 is 34.8 Å². The van der Waals surface area contributed by atoms with Gasteiger partial charge >= 0.3 is 6.03 Å². The summed E-state index contributed by atoms with van der Waals surface area (Å²) in [6.07, 6.45) is 0.458. The fourth-order valence-electron chi connectivity index (χ4n) is 6.62. The van der Waals surface area contributed by atoms with Crippen LogP contribution in [0.4, 0.5) is 16.2 Å². The van der Waals surface area contributed by atoms with E-state index in [-0.39, 0.29) is 15.8 Å². The molecule has 1 saturated heterocycles. The Kier molecular flexibility index (Phi) is 7.48. The number of urea groups is 1. The number of anilines is 2. The van der Waals surface area contributed by atoms with Crippen molar-refractivity contribution in [1.82, 2.24) is 4.90 Å². The van der Waals surface area contributed by atoms with Crippen LogP contribution in [-0.2, 0) is 10.3 Å². The molecule has 6 rings (SSSR count). The Morgan fingerprint density at radius 1 is 0.881 bits per heavy atom. The summed E-state index contributed by atoms with van der Waals surface area (Å²) in [5, 5.41) is 6.87. The minimum atomic E-state index is -1.66. The van der Waals surface area contributed by atoms with Crippen molar-refractivity contribution >= 4 is 63.9 Å². The monoisotopic (exact) mass is 617 g/mol. The number of carbonyl (C=O) groups excluding carboxylic acids is 3. The lowest BCUT2D eigenvalue weighted by Crippen LogP contribution is -2.57. The number of carbonyl (C=O) groups is 3. The van der Waals surface area contributed by atoms with Gasteiger partial charge in [0.25, 0.3) is 5.91 Å². The lowest BCUT2D eigenvalue weighted by Gasteiger charge is -2.39. The number of Topliss-reactive ketones (excluding diaryl/α,β-unsaturated/α-hetero) is 1. The first-order chi connectivity index (χ1) is 20.3. The summed E-state index contributed by atoms with van der Waals surface area (Å²) in [5.74, 6) is -2.19. The average Bonchev–Trinajstić information content (AvgIpc) is 3.47. The predicted octanol–water partition coefficient (Wildman–Crippen LogP) is 8.40. The maximum Gasteiger partial charge on any atom is 0.323 e. The van der Waals surface area contributed by atoms with Gasteiger partial charge in [0.1, 0.15) is 0 Å². The number of benzene rings is 4. The van der Waals surface area contributed by atoms with Gasteiger partial charge in [0, 0.05) is 33.8 Å². The van der Waals surface area contributed by atoms with Crippen LogP contribution in [0.25, 0.3) is 0 Å². The molecule has 6 nitrogen and oxygen atoms in total. The smallest absolute Gasteiger partial charge is 0.323 e. The molecule has 0 saturated carbocycles. The Labute approximate surface area is 258 Å². The Hall–Kier alpha value is -3.84. The van der Waals surface area contributed by atoms with Crippen molar-refractivity contribution in [3.8, 4) is 0 Å². The lowest BCUT2D eigenvalue weighted by molar-refractivity contribution is -0.126. The Morgan fingerprint density at radius 3 is 2.29 bits per heavy atom. The van der Waals surface area contributed by atoms with Gasteiger partial charge in [-0.1, -0.05) is 108 Å². The highest BCUT2D eigenvalue weighted by Gasteiger charge is 2.69. The first-order valence-electron chi connectivity index (χ1n) is 13.6. The van der Waals surface area contributed by atoms with Crippen molar-refractivity contribution in [3.63, 3.8) is 0 Å². The van der Waals surface area contributed by atoms with Crippen molar-refractivity contribution < 1.29 is 14.4 Å². The molecule has 2 aliphatic rings. The standard InChI is InChI=1S/C33H26Cl3N3O3/c1-2-26-27(19-15-17-21(34)18-16-19)28(30(40)20-9-4-3-5-10-20)33(22-11-6-7-13-24(22)37-31(33)41)39(26)32(42)38-25-14-8-12-23(35)29(25)36/h3-18,26-28H,2H2,1H3,(H,37,41)(H,38,42).